The Labute approximate surface area is 176 Å². The number of hydrogen-bond acceptors (Lipinski definition) is 4. The maximum absolute atomic E-state index is 11.9. The first-order chi connectivity index (χ1) is 13.4. The third kappa shape index (κ3) is 5.24. The molecule has 7 heteroatoms. The second-order valence-electron chi connectivity index (χ2n) is 6.16. The first-order valence-electron chi connectivity index (χ1n) is 8.49. The van der Waals surface area contributed by atoms with Gasteiger partial charge in [0.1, 0.15) is 17.3 Å². The van der Waals surface area contributed by atoms with E-state index in [-0.39, 0.29) is 12.5 Å². The normalized spacial score (nSPS) is 11.0. The summed E-state index contributed by atoms with van der Waals surface area (Å²) in [6.07, 6.45) is 1.44. The lowest BCUT2D eigenvalue weighted by Gasteiger charge is -2.09. The zero-order valence-corrected chi connectivity index (χ0v) is 17.7. The first kappa shape index (κ1) is 20.2. The van der Waals surface area contributed by atoms with E-state index in [1.165, 1.54) is 6.21 Å². The van der Waals surface area contributed by atoms with Crippen molar-refractivity contribution >= 4 is 39.7 Å². The second-order valence-corrected chi connectivity index (χ2v) is 7.46. The van der Waals surface area contributed by atoms with Crippen LogP contribution in [0.15, 0.2) is 62.5 Å². The molecule has 1 aromatic heterocycles. The van der Waals surface area contributed by atoms with Gasteiger partial charge in [0, 0.05) is 15.1 Å². The summed E-state index contributed by atoms with van der Waals surface area (Å²) in [5.74, 6) is 1.46. The third-order valence-corrected chi connectivity index (χ3v) is 5.04. The molecule has 0 fully saturated rings. The van der Waals surface area contributed by atoms with Crippen LogP contribution in [0.3, 0.4) is 0 Å². The minimum absolute atomic E-state index is 0.153. The molecule has 1 N–H and O–H groups in total. The SMILES string of the molecule is Cc1cc(OCC(=O)N/N=C/c2ccc(-c3ccc(Br)cc3)o2)cc(C)c1Cl. The van der Waals surface area contributed by atoms with Gasteiger partial charge in [-0.25, -0.2) is 5.43 Å². The molecule has 0 aliphatic heterocycles. The lowest BCUT2D eigenvalue weighted by molar-refractivity contribution is -0.123. The van der Waals surface area contributed by atoms with Gasteiger partial charge in [0.05, 0.1) is 6.21 Å². The molecule has 0 aliphatic carbocycles. The fourth-order valence-electron chi connectivity index (χ4n) is 2.53. The van der Waals surface area contributed by atoms with Gasteiger partial charge >= 0.3 is 0 Å². The van der Waals surface area contributed by atoms with E-state index in [0.717, 1.165) is 26.9 Å². The highest BCUT2D eigenvalue weighted by Crippen LogP contribution is 2.26. The number of amides is 1. The van der Waals surface area contributed by atoms with Gasteiger partial charge in [-0.3, -0.25) is 4.79 Å². The molecule has 0 atom stereocenters. The van der Waals surface area contributed by atoms with E-state index >= 15 is 0 Å². The van der Waals surface area contributed by atoms with E-state index in [4.69, 9.17) is 20.8 Å². The molecule has 0 radical (unpaired) electrons. The van der Waals surface area contributed by atoms with Gasteiger partial charge < -0.3 is 9.15 Å². The van der Waals surface area contributed by atoms with Crippen molar-refractivity contribution in [1.82, 2.24) is 5.43 Å². The zero-order valence-electron chi connectivity index (χ0n) is 15.3. The van der Waals surface area contributed by atoms with E-state index in [2.05, 4.69) is 26.5 Å². The lowest BCUT2D eigenvalue weighted by atomic mass is 10.1. The lowest BCUT2D eigenvalue weighted by Crippen LogP contribution is -2.24. The molecule has 1 amide bonds. The predicted molar refractivity (Wildman–Crippen MR) is 114 cm³/mol. The average Bonchev–Trinajstić information content (AvgIpc) is 3.14. The number of furan rings is 1. The van der Waals surface area contributed by atoms with Crippen molar-refractivity contribution in [2.75, 3.05) is 6.61 Å². The van der Waals surface area contributed by atoms with Gasteiger partial charge in [0.15, 0.2) is 6.61 Å². The van der Waals surface area contributed by atoms with Crippen LogP contribution in [-0.4, -0.2) is 18.7 Å². The van der Waals surface area contributed by atoms with Gasteiger partial charge in [-0.05, 0) is 61.4 Å². The van der Waals surface area contributed by atoms with Crippen LogP contribution in [0.5, 0.6) is 5.75 Å². The summed E-state index contributed by atoms with van der Waals surface area (Å²) in [6.45, 7) is 3.62. The van der Waals surface area contributed by atoms with Crippen LogP contribution in [0.25, 0.3) is 11.3 Å². The van der Waals surface area contributed by atoms with E-state index in [1.54, 1.807) is 18.2 Å². The molecule has 3 aromatic rings. The van der Waals surface area contributed by atoms with Crippen LogP contribution in [-0.2, 0) is 4.79 Å². The van der Waals surface area contributed by atoms with E-state index in [0.29, 0.717) is 16.5 Å². The summed E-state index contributed by atoms with van der Waals surface area (Å²) in [5.41, 5.74) is 5.16. The Hall–Kier alpha value is -2.57. The Bertz CT molecular complexity index is 990. The summed E-state index contributed by atoms with van der Waals surface area (Å²) in [5, 5.41) is 4.59. The minimum atomic E-state index is -0.374. The maximum Gasteiger partial charge on any atom is 0.277 e. The van der Waals surface area contributed by atoms with E-state index < -0.39 is 0 Å². The topological polar surface area (TPSA) is 63.8 Å². The van der Waals surface area contributed by atoms with Crippen molar-refractivity contribution in [3.05, 3.63) is 74.9 Å². The number of carbonyl (C=O) groups is 1. The van der Waals surface area contributed by atoms with E-state index in [9.17, 15) is 4.79 Å². The number of nitrogens with zero attached hydrogens (tertiary/aromatic N) is 1. The molecule has 0 spiro atoms. The number of halogens is 2. The van der Waals surface area contributed by atoms with Crippen LogP contribution in [0.4, 0.5) is 0 Å². The second kappa shape index (κ2) is 9.08. The maximum atomic E-state index is 11.9. The van der Waals surface area contributed by atoms with Crippen molar-refractivity contribution in [2.24, 2.45) is 5.10 Å². The highest BCUT2D eigenvalue weighted by Gasteiger charge is 2.07. The number of aryl methyl sites for hydroxylation is 2. The summed E-state index contributed by atoms with van der Waals surface area (Å²) in [6, 6.07) is 15.0. The largest absolute Gasteiger partial charge is 0.484 e. The molecule has 1 heterocycles. The number of rotatable bonds is 6. The Balaban J connectivity index is 1.52. The van der Waals surface area contributed by atoms with Crippen molar-refractivity contribution < 1.29 is 13.9 Å². The standard InChI is InChI=1S/C21H18BrClN2O3/c1-13-9-18(10-14(2)21(13)23)27-12-20(26)25-24-11-17-7-8-19(28-17)15-3-5-16(22)6-4-15/h3-11H,12H2,1-2H3,(H,25,26)/b24-11+. The van der Waals surface area contributed by atoms with Crippen LogP contribution in [0.1, 0.15) is 16.9 Å². The van der Waals surface area contributed by atoms with Gasteiger partial charge in [0.25, 0.3) is 5.91 Å². The smallest absolute Gasteiger partial charge is 0.277 e. The molecule has 0 saturated carbocycles. The molecule has 0 bridgehead atoms. The summed E-state index contributed by atoms with van der Waals surface area (Å²) < 4.78 is 12.2. The van der Waals surface area contributed by atoms with Gasteiger partial charge in [-0.1, -0.05) is 39.7 Å². The molecular formula is C21H18BrClN2O3. The van der Waals surface area contributed by atoms with E-state index in [1.807, 2.05) is 44.2 Å². The molecule has 3 rings (SSSR count). The fraction of sp³-hybridized carbons (Fsp3) is 0.143. The van der Waals surface area contributed by atoms with Gasteiger partial charge in [0.2, 0.25) is 0 Å². The predicted octanol–water partition coefficient (Wildman–Crippen LogP) is 5.51. The Morgan fingerprint density at radius 3 is 2.54 bits per heavy atom. The number of nitrogens with one attached hydrogen (secondary N) is 1. The monoisotopic (exact) mass is 460 g/mol. The van der Waals surface area contributed by atoms with Crippen molar-refractivity contribution in [3.63, 3.8) is 0 Å². The number of carbonyl (C=O) groups excluding carboxylic acids is 1. The fourth-order valence-corrected chi connectivity index (χ4v) is 2.90. The third-order valence-electron chi connectivity index (χ3n) is 3.92. The molecule has 144 valence electrons. The Morgan fingerprint density at radius 2 is 1.86 bits per heavy atom. The van der Waals surface area contributed by atoms with Crippen LogP contribution < -0.4 is 10.2 Å². The van der Waals surface area contributed by atoms with Gasteiger partial charge in [-0.2, -0.15) is 5.10 Å². The molecule has 0 unspecified atom stereocenters. The Morgan fingerprint density at radius 1 is 1.18 bits per heavy atom. The van der Waals surface area contributed by atoms with Crippen LogP contribution in [0.2, 0.25) is 5.02 Å². The number of benzene rings is 2. The summed E-state index contributed by atoms with van der Waals surface area (Å²) in [7, 11) is 0. The number of hydrazone groups is 1. The quantitative estimate of drug-likeness (QED) is 0.389. The van der Waals surface area contributed by atoms with Crippen molar-refractivity contribution in [2.45, 2.75) is 13.8 Å². The van der Waals surface area contributed by atoms with Crippen molar-refractivity contribution in [1.29, 1.82) is 0 Å². The number of hydrogen-bond donors (Lipinski definition) is 1. The number of ether oxygens (including phenoxy) is 1. The first-order valence-corrected chi connectivity index (χ1v) is 9.66. The molecule has 28 heavy (non-hydrogen) atoms. The van der Waals surface area contributed by atoms with Crippen LogP contribution in [0, 0.1) is 13.8 Å². The van der Waals surface area contributed by atoms with Crippen LogP contribution >= 0.6 is 27.5 Å². The Kier molecular flexibility index (Phi) is 6.54. The summed E-state index contributed by atoms with van der Waals surface area (Å²) >= 11 is 9.52. The summed E-state index contributed by atoms with van der Waals surface area (Å²) in [4.78, 5) is 11.9. The minimum Gasteiger partial charge on any atom is -0.484 e. The highest BCUT2D eigenvalue weighted by molar-refractivity contribution is 9.10. The molecule has 0 saturated heterocycles. The highest BCUT2D eigenvalue weighted by atomic mass is 79.9. The van der Waals surface area contributed by atoms with Crippen molar-refractivity contribution in [3.8, 4) is 17.1 Å². The zero-order chi connectivity index (χ0) is 20.1. The molecule has 5 nitrogen and oxygen atoms in total. The molecule has 0 aliphatic rings. The van der Waals surface area contributed by atoms with Gasteiger partial charge in [-0.15, -0.1) is 0 Å². The molecular weight excluding hydrogens is 444 g/mol. The molecule has 2 aromatic carbocycles. The average molecular weight is 462 g/mol.